The third kappa shape index (κ3) is 1.87. The van der Waals surface area contributed by atoms with Gasteiger partial charge in [0.1, 0.15) is 5.82 Å². The van der Waals surface area contributed by atoms with Crippen molar-refractivity contribution >= 4 is 16.7 Å². The Morgan fingerprint density at radius 3 is 2.60 bits per heavy atom. The first kappa shape index (κ1) is 12.5. The van der Waals surface area contributed by atoms with Crippen LogP contribution in [0.4, 0.5) is 13.2 Å². The number of fused-ring (bicyclic) bond motifs is 1. The summed E-state index contributed by atoms with van der Waals surface area (Å²) < 4.78 is 39.9. The molecule has 0 spiro atoms. The highest BCUT2D eigenvalue weighted by molar-refractivity contribution is 6.16. The smallest absolute Gasteiger partial charge is 0.198 e. The first-order valence-electron chi connectivity index (χ1n) is 5.83. The first-order chi connectivity index (χ1) is 9.58. The molecule has 0 aliphatic rings. The number of H-pyrrole nitrogens is 1. The summed E-state index contributed by atoms with van der Waals surface area (Å²) in [4.78, 5) is 15.0. The van der Waals surface area contributed by atoms with Crippen LogP contribution in [0.2, 0.25) is 0 Å². The molecule has 0 amide bonds. The number of ketones is 1. The molecular weight excluding hydrogens is 267 g/mol. The highest BCUT2D eigenvalue weighted by atomic mass is 19.2. The molecule has 0 radical (unpaired) electrons. The van der Waals surface area contributed by atoms with Crippen molar-refractivity contribution in [3.8, 4) is 0 Å². The second-order valence-electron chi connectivity index (χ2n) is 4.32. The molecule has 2 aromatic carbocycles. The predicted octanol–water partition coefficient (Wildman–Crippen LogP) is 3.82. The maximum absolute atomic E-state index is 13.6. The summed E-state index contributed by atoms with van der Waals surface area (Å²) in [5.41, 5.74) is 0.241. The van der Waals surface area contributed by atoms with Crippen molar-refractivity contribution in [2.45, 2.75) is 0 Å². The molecule has 0 fully saturated rings. The Bertz CT molecular complexity index is 823. The Morgan fingerprint density at radius 1 is 1.00 bits per heavy atom. The molecule has 20 heavy (non-hydrogen) atoms. The molecule has 2 nitrogen and oxygen atoms in total. The minimum atomic E-state index is -1.19. The Kier molecular flexibility index (Phi) is 2.82. The van der Waals surface area contributed by atoms with E-state index in [4.69, 9.17) is 0 Å². The van der Waals surface area contributed by atoms with Crippen LogP contribution in [-0.4, -0.2) is 10.8 Å². The molecule has 0 bridgehead atoms. The lowest BCUT2D eigenvalue weighted by molar-refractivity contribution is 0.103. The number of halogens is 3. The molecule has 3 rings (SSSR count). The Morgan fingerprint density at radius 2 is 1.80 bits per heavy atom. The van der Waals surface area contributed by atoms with Gasteiger partial charge in [-0.1, -0.05) is 6.07 Å². The third-order valence-corrected chi connectivity index (χ3v) is 3.08. The van der Waals surface area contributed by atoms with Crippen LogP contribution in [0.3, 0.4) is 0 Å². The molecule has 5 heteroatoms. The summed E-state index contributed by atoms with van der Waals surface area (Å²) in [5, 5.41) is 0.458. The van der Waals surface area contributed by atoms with E-state index in [2.05, 4.69) is 4.98 Å². The van der Waals surface area contributed by atoms with Crippen molar-refractivity contribution in [2.75, 3.05) is 0 Å². The summed E-state index contributed by atoms with van der Waals surface area (Å²) in [6, 6.07) is 7.27. The average molecular weight is 275 g/mol. The van der Waals surface area contributed by atoms with E-state index in [1.165, 1.54) is 36.5 Å². The molecule has 100 valence electrons. The van der Waals surface area contributed by atoms with Crippen LogP contribution in [0.25, 0.3) is 10.9 Å². The van der Waals surface area contributed by atoms with Gasteiger partial charge in [0.05, 0.1) is 5.56 Å². The third-order valence-electron chi connectivity index (χ3n) is 3.08. The fraction of sp³-hybridized carbons (Fsp3) is 0. The second kappa shape index (κ2) is 4.52. The van der Waals surface area contributed by atoms with Gasteiger partial charge in [0.2, 0.25) is 0 Å². The monoisotopic (exact) mass is 275 g/mol. The zero-order chi connectivity index (χ0) is 14.3. The van der Waals surface area contributed by atoms with Gasteiger partial charge in [-0.25, -0.2) is 13.2 Å². The zero-order valence-corrected chi connectivity index (χ0v) is 10.1. The molecule has 0 saturated heterocycles. The number of aromatic nitrogens is 1. The average Bonchev–Trinajstić information content (AvgIpc) is 2.84. The molecule has 0 saturated carbocycles. The van der Waals surface area contributed by atoms with Crippen LogP contribution in [0.15, 0.2) is 42.6 Å². The lowest BCUT2D eigenvalue weighted by Gasteiger charge is -2.02. The molecule has 0 atom stereocenters. The number of nitrogens with one attached hydrogen (secondary N) is 1. The van der Waals surface area contributed by atoms with E-state index >= 15 is 0 Å². The molecular formula is C15H8F3NO. The summed E-state index contributed by atoms with van der Waals surface area (Å²) >= 11 is 0. The summed E-state index contributed by atoms with van der Waals surface area (Å²) in [5.74, 6) is -3.37. The maximum Gasteiger partial charge on any atom is 0.198 e. The molecule has 0 aliphatic heterocycles. The molecule has 1 heterocycles. The minimum Gasteiger partial charge on any atom is -0.360 e. The van der Waals surface area contributed by atoms with E-state index in [-0.39, 0.29) is 11.1 Å². The van der Waals surface area contributed by atoms with Crippen molar-refractivity contribution in [1.82, 2.24) is 4.98 Å². The number of hydrogen-bond donors (Lipinski definition) is 1. The van der Waals surface area contributed by atoms with Gasteiger partial charge in [-0.3, -0.25) is 4.79 Å². The SMILES string of the molecule is O=C(c1cccc(F)c1F)c1c[nH]c2cc(F)ccc12. The number of carbonyl (C=O) groups is 1. The minimum absolute atomic E-state index is 0.171. The van der Waals surface area contributed by atoms with Crippen LogP contribution in [0.5, 0.6) is 0 Å². The van der Waals surface area contributed by atoms with Gasteiger partial charge in [-0.15, -0.1) is 0 Å². The van der Waals surface area contributed by atoms with E-state index in [0.29, 0.717) is 10.9 Å². The molecule has 0 aliphatic carbocycles. The van der Waals surface area contributed by atoms with Crippen LogP contribution >= 0.6 is 0 Å². The van der Waals surface area contributed by atoms with Crippen LogP contribution in [0.1, 0.15) is 15.9 Å². The molecule has 1 N–H and O–H groups in total. The number of rotatable bonds is 2. The lowest BCUT2D eigenvalue weighted by Crippen LogP contribution is -2.05. The van der Waals surface area contributed by atoms with Gasteiger partial charge in [-0.05, 0) is 30.3 Å². The van der Waals surface area contributed by atoms with Gasteiger partial charge in [0.15, 0.2) is 17.4 Å². The molecule has 3 aromatic rings. The Labute approximate surface area is 111 Å². The normalized spacial score (nSPS) is 10.9. The highest BCUT2D eigenvalue weighted by Crippen LogP contribution is 2.23. The number of aromatic amines is 1. The van der Waals surface area contributed by atoms with Gasteiger partial charge >= 0.3 is 0 Å². The topological polar surface area (TPSA) is 32.9 Å². The first-order valence-corrected chi connectivity index (χ1v) is 5.83. The van der Waals surface area contributed by atoms with Crippen molar-refractivity contribution in [3.63, 3.8) is 0 Å². The number of benzene rings is 2. The zero-order valence-electron chi connectivity index (χ0n) is 10.1. The quantitative estimate of drug-likeness (QED) is 0.709. The van der Waals surface area contributed by atoms with E-state index in [1.807, 2.05) is 0 Å². The largest absolute Gasteiger partial charge is 0.360 e. The standard InChI is InChI=1S/C15H8F3NO/c16-8-4-5-9-11(7-19-13(9)6-8)15(20)10-2-1-3-12(17)14(10)18/h1-7,19H. The van der Waals surface area contributed by atoms with Crippen molar-refractivity contribution in [3.05, 3.63) is 71.2 Å². The van der Waals surface area contributed by atoms with Gasteiger partial charge in [0, 0.05) is 22.7 Å². The van der Waals surface area contributed by atoms with Gasteiger partial charge in [0.25, 0.3) is 0 Å². The van der Waals surface area contributed by atoms with E-state index < -0.39 is 23.2 Å². The van der Waals surface area contributed by atoms with Crippen molar-refractivity contribution < 1.29 is 18.0 Å². The fourth-order valence-electron chi connectivity index (χ4n) is 2.11. The van der Waals surface area contributed by atoms with E-state index in [0.717, 1.165) is 6.07 Å². The van der Waals surface area contributed by atoms with E-state index in [9.17, 15) is 18.0 Å². The van der Waals surface area contributed by atoms with Gasteiger partial charge in [-0.2, -0.15) is 0 Å². The Hall–Kier alpha value is -2.56. The lowest BCUT2D eigenvalue weighted by atomic mass is 10.0. The summed E-state index contributed by atoms with van der Waals surface area (Å²) in [6.07, 6.45) is 1.36. The van der Waals surface area contributed by atoms with Crippen LogP contribution in [-0.2, 0) is 0 Å². The number of carbonyl (C=O) groups excluding carboxylic acids is 1. The van der Waals surface area contributed by atoms with Gasteiger partial charge < -0.3 is 4.98 Å². The Balaban J connectivity index is 2.16. The van der Waals surface area contributed by atoms with Crippen molar-refractivity contribution in [2.24, 2.45) is 0 Å². The maximum atomic E-state index is 13.6. The van der Waals surface area contributed by atoms with E-state index in [1.54, 1.807) is 0 Å². The predicted molar refractivity (Wildman–Crippen MR) is 68.0 cm³/mol. The van der Waals surface area contributed by atoms with Crippen molar-refractivity contribution in [1.29, 1.82) is 0 Å². The fourth-order valence-corrected chi connectivity index (χ4v) is 2.11. The number of hydrogen-bond acceptors (Lipinski definition) is 1. The second-order valence-corrected chi connectivity index (χ2v) is 4.32. The summed E-state index contributed by atoms with van der Waals surface area (Å²) in [6.45, 7) is 0. The molecule has 0 unspecified atom stereocenters. The van der Waals surface area contributed by atoms with Crippen LogP contribution < -0.4 is 0 Å². The summed E-state index contributed by atoms with van der Waals surface area (Å²) in [7, 11) is 0. The highest BCUT2D eigenvalue weighted by Gasteiger charge is 2.19. The van der Waals surface area contributed by atoms with Crippen LogP contribution in [0, 0.1) is 17.5 Å². The molecule has 1 aromatic heterocycles.